The highest BCUT2D eigenvalue weighted by Gasteiger charge is 2.16. The van der Waals surface area contributed by atoms with Gasteiger partial charge < -0.3 is 15.8 Å². The zero-order valence-corrected chi connectivity index (χ0v) is 10.7. The smallest absolute Gasteiger partial charge is 0.251 e. The number of nitrogen functional groups attached to an aromatic ring is 1. The lowest BCUT2D eigenvalue weighted by molar-refractivity contribution is 0.0950. The van der Waals surface area contributed by atoms with Crippen LogP contribution in [0.15, 0.2) is 18.2 Å². The molecule has 1 unspecified atom stereocenters. The molecule has 0 aliphatic carbocycles. The summed E-state index contributed by atoms with van der Waals surface area (Å²) in [4.78, 5) is 12.0. The maximum absolute atomic E-state index is 12.0. The fourth-order valence-electron chi connectivity index (χ4n) is 2.18. The van der Waals surface area contributed by atoms with Crippen LogP contribution in [0.2, 0.25) is 0 Å². The number of anilines is 1. The van der Waals surface area contributed by atoms with Crippen molar-refractivity contribution < 1.29 is 9.53 Å². The molecule has 0 saturated carbocycles. The van der Waals surface area contributed by atoms with Crippen molar-refractivity contribution in [2.24, 2.45) is 5.92 Å². The van der Waals surface area contributed by atoms with E-state index in [1.54, 1.807) is 6.07 Å². The molecule has 1 amide bonds. The molecule has 4 nitrogen and oxygen atoms in total. The minimum absolute atomic E-state index is 0.0429. The largest absolute Gasteiger partial charge is 0.399 e. The highest BCUT2D eigenvalue weighted by molar-refractivity contribution is 5.96. The second kappa shape index (κ2) is 5.87. The molecule has 2 rings (SSSR count). The van der Waals surface area contributed by atoms with Crippen molar-refractivity contribution in [3.63, 3.8) is 0 Å². The van der Waals surface area contributed by atoms with E-state index in [9.17, 15) is 4.79 Å². The first kappa shape index (κ1) is 12.9. The predicted molar refractivity (Wildman–Crippen MR) is 71.5 cm³/mol. The number of benzene rings is 1. The van der Waals surface area contributed by atoms with Crippen molar-refractivity contribution >= 4 is 11.6 Å². The Morgan fingerprint density at radius 2 is 2.39 bits per heavy atom. The zero-order chi connectivity index (χ0) is 13.0. The zero-order valence-electron chi connectivity index (χ0n) is 10.7. The third-order valence-corrected chi connectivity index (χ3v) is 3.37. The van der Waals surface area contributed by atoms with Crippen LogP contribution in [0.5, 0.6) is 0 Å². The van der Waals surface area contributed by atoms with Crippen molar-refractivity contribution in [3.8, 4) is 0 Å². The number of carbonyl (C=O) groups excluding carboxylic acids is 1. The van der Waals surface area contributed by atoms with Gasteiger partial charge >= 0.3 is 0 Å². The Bertz CT molecular complexity index is 426. The molecule has 0 spiro atoms. The molecule has 1 aliphatic heterocycles. The summed E-state index contributed by atoms with van der Waals surface area (Å²) in [6.45, 7) is 4.29. The Balaban J connectivity index is 1.85. The maximum Gasteiger partial charge on any atom is 0.251 e. The number of nitrogens with one attached hydrogen (secondary N) is 1. The summed E-state index contributed by atoms with van der Waals surface area (Å²) in [5, 5.41) is 2.94. The summed E-state index contributed by atoms with van der Waals surface area (Å²) in [7, 11) is 0. The SMILES string of the molecule is Cc1ccc(N)cc1C(=O)NCCC1CCOC1. The van der Waals surface area contributed by atoms with Gasteiger partial charge in [0.05, 0.1) is 0 Å². The Morgan fingerprint density at radius 1 is 1.56 bits per heavy atom. The number of nitrogens with two attached hydrogens (primary N) is 1. The van der Waals surface area contributed by atoms with Crippen molar-refractivity contribution in [2.75, 3.05) is 25.5 Å². The summed E-state index contributed by atoms with van der Waals surface area (Å²) in [5.41, 5.74) is 7.93. The molecule has 18 heavy (non-hydrogen) atoms. The van der Waals surface area contributed by atoms with E-state index in [-0.39, 0.29) is 5.91 Å². The van der Waals surface area contributed by atoms with Crippen LogP contribution in [0.1, 0.15) is 28.8 Å². The second-order valence-electron chi connectivity index (χ2n) is 4.85. The van der Waals surface area contributed by atoms with Crippen LogP contribution in [0, 0.1) is 12.8 Å². The van der Waals surface area contributed by atoms with Crippen molar-refractivity contribution in [2.45, 2.75) is 19.8 Å². The van der Waals surface area contributed by atoms with Gasteiger partial charge in [-0.2, -0.15) is 0 Å². The van der Waals surface area contributed by atoms with E-state index in [0.29, 0.717) is 23.7 Å². The van der Waals surface area contributed by atoms with Gasteiger partial charge in [0.25, 0.3) is 5.91 Å². The van der Waals surface area contributed by atoms with Gasteiger partial charge in [0.15, 0.2) is 0 Å². The number of aryl methyl sites for hydroxylation is 1. The molecule has 1 atom stereocenters. The molecule has 1 aliphatic rings. The highest BCUT2D eigenvalue weighted by Crippen LogP contribution is 2.16. The summed E-state index contributed by atoms with van der Waals surface area (Å²) in [5.74, 6) is 0.547. The van der Waals surface area contributed by atoms with Crippen LogP contribution in [-0.4, -0.2) is 25.7 Å². The van der Waals surface area contributed by atoms with Crippen molar-refractivity contribution in [1.29, 1.82) is 0 Å². The topological polar surface area (TPSA) is 64.4 Å². The summed E-state index contributed by atoms with van der Waals surface area (Å²) in [6, 6.07) is 5.40. The third kappa shape index (κ3) is 3.23. The average molecular weight is 248 g/mol. The van der Waals surface area contributed by atoms with E-state index >= 15 is 0 Å². The Morgan fingerprint density at radius 3 is 3.11 bits per heavy atom. The van der Waals surface area contributed by atoms with Crippen molar-refractivity contribution in [1.82, 2.24) is 5.32 Å². The van der Waals surface area contributed by atoms with Gasteiger partial charge in [-0.1, -0.05) is 6.07 Å². The Kier molecular flexibility index (Phi) is 4.20. The van der Waals surface area contributed by atoms with Crippen LogP contribution in [0.4, 0.5) is 5.69 Å². The molecule has 1 fully saturated rings. The van der Waals surface area contributed by atoms with E-state index in [2.05, 4.69) is 5.32 Å². The number of rotatable bonds is 4. The molecular weight excluding hydrogens is 228 g/mol. The van der Waals surface area contributed by atoms with E-state index < -0.39 is 0 Å². The lowest BCUT2D eigenvalue weighted by Crippen LogP contribution is -2.26. The van der Waals surface area contributed by atoms with Gasteiger partial charge in [0, 0.05) is 31.0 Å². The van der Waals surface area contributed by atoms with Gasteiger partial charge in [0.1, 0.15) is 0 Å². The fourth-order valence-corrected chi connectivity index (χ4v) is 2.18. The highest BCUT2D eigenvalue weighted by atomic mass is 16.5. The van der Waals surface area contributed by atoms with Crippen LogP contribution < -0.4 is 11.1 Å². The van der Waals surface area contributed by atoms with Crippen LogP contribution in [0.25, 0.3) is 0 Å². The minimum Gasteiger partial charge on any atom is -0.399 e. The standard InChI is InChI=1S/C14H20N2O2/c1-10-2-3-12(15)8-13(10)14(17)16-6-4-11-5-7-18-9-11/h2-3,8,11H,4-7,9,15H2,1H3,(H,16,17). The van der Waals surface area contributed by atoms with E-state index in [1.807, 2.05) is 19.1 Å². The fraction of sp³-hybridized carbons (Fsp3) is 0.500. The average Bonchev–Trinajstić information content (AvgIpc) is 2.85. The number of hydrogen-bond acceptors (Lipinski definition) is 3. The first-order valence-electron chi connectivity index (χ1n) is 6.39. The van der Waals surface area contributed by atoms with E-state index in [0.717, 1.165) is 31.6 Å². The number of hydrogen-bond donors (Lipinski definition) is 2. The first-order valence-corrected chi connectivity index (χ1v) is 6.39. The lowest BCUT2D eigenvalue weighted by atomic mass is 10.0. The Labute approximate surface area is 108 Å². The molecule has 1 aromatic carbocycles. The van der Waals surface area contributed by atoms with Gasteiger partial charge in [-0.25, -0.2) is 0 Å². The number of amides is 1. The molecule has 3 N–H and O–H groups in total. The molecule has 1 aromatic rings. The summed E-state index contributed by atoms with van der Waals surface area (Å²) < 4.78 is 5.30. The molecule has 1 saturated heterocycles. The normalized spacial score (nSPS) is 18.8. The van der Waals surface area contributed by atoms with Gasteiger partial charge in [-0.3, -0.25) is 4.79 Å². The molecule has 0 radical (unpaired) electrons. The monoisotopic (exact) mass is 248 g/mol. The molecule has 0 bridgehead atoms. The minimum atomic E-state index is -0.0429. The van der Waals surface area contributed by atoms with Crippen LogP contribution in [0.3, 0.4) is 0 Å². The molecule has 0 aromatic heterocycles. The number of ether oxygens (including phenoxy) is 1. The van der Waals surface area contributed by atoms with E-state index in [1.165, 1.54) is 0 Å². The van der Waals surface area contributed by atoms with E-state index in [4.69, 9.17) is 10.5 Å². The van der Waals surface area contributed by atoms with Gasteiger partial charge in [0.2, 0.25) is 0 Å². The van der Waals surface area contributed by atoms with Gasteiger partial charge in [-0.15, -0.1) is 0 Å². The summed E-state index contributed by atoms with van der Waals surface area (Å²) in [6.07, 6.45) is 2.08. The summed E-state index contributed by atoms with van der Waals surface area (Å²) >= 11 is 0. The van der Waals surface area contributed by atoms with Crippen molar-refractivity contribution in [3.05, 3.63) is 29.3 Å². The molecule has 4 heteroatoms. The van der Waals surface area contributed by atoms with Crippen LogP contribution >= 0.6 is 0 Å². The number of carbonyl (C=O) groups is 1. The molecule has 98 valence electrons. The maximum atomic E-state index is 12.0. The van der Waals surface area contributed by atoms with Gasteiger partial charge in [-0.05, 0) is 43.4 Å². The Hall–Kier alpha value is -1.55. The first-order chi connectivity index (χ1) is 8.66. The molecule has 1 heterocycles. The lowest BCUT2D eigenvalue weighted by Gasteiger charge is -2.10. The van der Waals surface area contributed by atoms with Crippen LogP contribution in [-0.2, 0) is 4.74 Å². The third-order valence-electron chi connectivity index (χ3n) is 3.37. The second-order valence-corrected chi connectivity index (χ2v) is 4.85. The predicted octanol–water partition coefficient (Wildman–Crippen LogP) is 1.73. The quantitative estimate of drug-likeness (QED) is 0.798. The molecular formula is C14H20N2O2.